The number of imidazole rings is 1. The topological polar surface area (TPSA) is 125 Å². The highest BCUT2D eigenvalue weighted by atomic mass is 35.5. The molecule has 1 aromatic carbocycles. The van der Waals surface area contributed by atoms with E-state index in [0.717, 1.165) is 6.26 Å². The van der Waals surface area contributed by atoms with E-state index in [1.54, 1.807) is 6.07 Å². The highest BCUT2D eigenvalue weighted by Crippen LogP contribution is 2.22. The number of carbonyl (C=O) groups is 1. The number of amides is 1. The van der Waals surface area contributed by atoms with Crippen LogP contribution in [0.1, 0.15) is 15.9 Å². The maximum Gasteiger partial charge on any atom is 0.325 e. The summed E-state index contributed by atoms with van der Waals surface area (Å²) >= 11 is 5.97. The average Bonchev–Trinajstić information content (AvgIpc) is 2.90. The molecule has 0 bridgehead atoms. The maximum atomic E-state index is 12.2. The van der Waals surface area contributed by atoms with Crippen molar-refractivity contribution < 1.29 is 13.2 Å². The fourth-order valence-corrected chi connectivity index (χ4v) is 3.64. The third-order valence-electron chi connectivity index (χ3n) is 3.48. The van der Waals surface area contributed by atoms with Gasteiger partial charge in [-0.15, -0.1) is 0 Å². The summed E-state index contributed by atoms with van der Waals surface area (Å²) in [5.74, 6) is -0.389. The van der Waals surface area contributed by atoms with Crippen molar-refractivity contribution in [3.63, 3.8) is 0 Å². The van der Waals surface area contributed by atoms with Crippen LogP contribution in [0.25, 0.3) is 11.2 Å². The van der Waals surface area contributed by atoms with Gasteiger partial charge in [-0.1, -0.05) is 17.7 Å². The van der Waals surface area contributed by atoms with Crippen molar-refractivity contribution in [2.75, 3.05) is 6.26 Å². The summed E-state index contributed by atoms with van der Waals surface area (Å²) in [6.45, 7) is 0.157. The molecule has 0 unspecified atom stereocenters. The molecule has 0 saturated carbocycles. The van der Waals surface area contributed by atoms with E-state index < -0.39 is 15.5 Å². The van der Waals surface area contributed by atoms with Gasteiger partial charge in [-0.3, -0.25) is 9.78 Å². The Morgan fingerprint density at radius 3 is 2.72 bits per heavy atom. The van der Waals surface area contributed by atoms with Gasteiger partial charge in [0.25, 0.3) is 5.91 Å². The minimum absolute atomic E-state index is 0.0373. The van der Waals surface area contributed by atoms with Crippen molar-refractivity contribution in [3.05, 3.63) is 57.1 Å². The molecule has 130 valence electrons. The number of hydrogen-bond donors (Lipinski definition) is 3. The minimum Gasteiger partial charge on any atom is -0.348 e. The van der Waals surface area contributed by atoms with Crippen LogP contribution in [0, 0.1) is 0 Å². The Kier molecular flexibility index (Phi) is 4.36. The maximum absolute atomic E-state index is 12.2. The van der Waals surface area contributed by atoms with E-state index in [-0.39, 0.29) is 27.9 Å². The Morgan fingerprint density at radius 1 is 1.28 bits per heavy atom. The number of sulfone groups is 1. The summed E-state index contributed by atoms with van der Waals surface area (Å²) in [7, 11) is -3.40. The number of fused-ring (bicyclic) bond motifs is 1. The van der Waals surface area contributed by atoms with Crippen LogP contribution in [0.5, 0.6) is 0 Å². The first kappa shape index (κ1) is 17.2. The number of halogens is 1. The van der Waals surface area contributed by atoms with Crippen LogP contribution < -0.4 is 11.0 Å². The lowest BCUT2D eigenvalue weighted by Gasteiger charge is -2.08. The van der Waals surface area contributed by atoms with Crippen LogP contribution in [-0.2, 0) is 16.4 Å². The molecular weight excluding hydrogens is 368 g/mol. The summed E-state index contributed by atoms with van der Waals surface area (Å²) in [4.78, 5) is 32.4. The standard InChI is InChI=1S/C15H13ClN4O4S/c1-25(23,24)12-3-2-8(4-10(12)16)6-18-14(21)9-5-11-13(17-7-9)20-15(22)19-11/h2-5,7H,6H2,1H3,(H,18,21)(H2,17,19,20,22). The number of rotatable bonds is 4. The highest BCUT2D eigenvalue weighted by Gasteiger charge is 2.13. The molecule has 8 nitrogen and oxygen atoms in total. The predicted octanol–water partition coefficient (Wildman–Crippen LogP) is 1.24. The van der Waals surface area contributed by atoms with E-state index in [2.05, 4.69) is 20.3 Å². The molecule has 25 heavy (non-hydrogen) atoms. The van der Waals surface area contributed by atoms with Gasteiger partial charge in [-0.25, -0.2) is 18.2 Å². The van der Waals surface area contributed by atoms with Gasteiger partial charge in [0.15, 0.2) is 15.5 Å². The van der Waals surface area contributed by atoms with E-state index in [4.69, 9.17) is 11.6 Å². The Balaban J connectivity index is 1.75. The molecule has 2 aromatic heterocycles. The second-order valence-corrected chi connectivity index (χ2v) is 7.81. The molecule has 0 aliphatic rings. The number of aromatic nitrogens is 3. The van der Waals surface area contributed by atoms with Crippen LogP contribution in [0.2, 0.25) is 5.02 Å². The number of nitrogens with one attached hydrogen (secondary N) is 3. The van der Waals surface area contributed by atoms with Crippen molar-refractivity contribution in [1.82, 2.24) is 20.3 Å². The second kappa shape index (κ2) is 6.34. The van der Waals surface area contributed by atoms with Crippen LogP contribution in [-0.4, -0.2) is 35.5 Å². The van der Waals surface area contributed by atoms with Gasteiger partial charge in [0.05, 0.1) is 21.0 Å². The molecule has 0 spiro atoms. The van der Waals surface area contributed by atoms with E-state index in [9.17, 15) is 18.0 Å². The zero-order chi connectivity index (χ0) is 18.2. The van der Waals surface area contributed by atoms with Crippen LogP contribution in [0.15, 0.2) is 40.2 Å². The van der Waals surface area contributed by atoms with Gasteiger partial charge in [0.1, 0.15) is 0 Å². The van der Waals surface area contributed by atoms with Crippen molar-refractivity contribution >= 4 is 38.5 Å². The third kappa shape index (κ3) is 3.72. The largest absolute Gasteiger partial charge is 0.348 e. The van der Waals surface area contributed by atoms with Crippen LogP contribution in [0.3, 0.4) is 0 Å². The third-order valence-corrected chi connectivity index (χ3v) is 5.06. The first-order chi connectivity index (χ1) is 11.7. The molecule has 0 aliphatic carbocycles. The van der Waals surface area contributed by atoms with Gasteiger partial charge in [-0.05, 0) is 23.8 Å². The number of H-pyrrole nitrogens is 2. The van der Waals surface area contributed by atoms with Crippen molar-refractivity contribution in [2.24, 2.45) is 0 Å². The molecular formula is C15H13ClN4O4S. The quantitative estimate of drug-likeness (QED) is 0.628. The SMILES string of the molecule is CS(=O)(=O)c1ccc(CNC(=O)c2cnc3[nH]c(=O)[nH]c3c2)cc1Cl. The zero-order valence-electron chi connectivity index (χ0n) is 13.0. The molecule has 3 aromatic rings. The number of hydrogen-bond acceptors (Lipinski definition) is 5. The zero-order valence-corrected chi connectivity index (χ0v) is 14.5. The molecule has 0 aliphatic heterocycles. The first-order valence-electron chi connectivity index (χ1n) is 7.09. The average molecular weight is 381 g/mol. The van der Waals surface area contributed by atoms with Gasteiger partial charge in [0.2, 0.25) is 0 Å². The van der Waals surface area contributed by atoms with Gasteiger partial charge < -0.3 is 10.3 Å². The number of benzene rings is 1. The molecule has 1 amide bonds. The fourth-order valence-electron chi connectivity index (χ4n) is 2.28. The second-order valence-electron chi connectivity index (χ2n) is 5.42. The molecule has 0 radical (unpaired) electrons. The molecule has 2 heterocycles. The Morgan fingerprint density at radius 2 is 2.04 bits per heavy atom. The molecule has 0 saturated heterocycles. The molecule has 0 atom stereocenters. The number of nitrogens with zero attached hydrogens (tertiary/aromatic N) is 1. The fraction of sp³-hybridized carbons (Fsp3) is 0.133. The lowest BCUT2D eigenvalue weighted by molar-refractivity contribution is 0.0950. The summed E-state index contributed by atoms with van der Waals surface area (Å²) in [6, 6.07) is 5.98. The predicted molar refractivity (Wildman–Crippen MR) is 92.4 cm³/mol. The lowest BCUT2D eigenvalue weighted by Crippen LogP contribution is -2.23. The summed E-state index contributed by atoms with van der Waals surface area (Å²) in [6.07, 6.45) is 2.42. The van der Waals surface area contributed by atoms with E-state index in [1.165, 1.54) is 24.4 Å². The Labute approximate surface area is 147 Å². The van der Waals surface area contributed by atoms with Crippen molar-refractivity contribution in [2.45, 2.75) is 11.4 Å². The molecule has 0 fully saturated rings. The smallest absolute Gasteiger partial charge is 0.325 e. The number of carbonyl (C=O) groups excluding carboxylic acids is 1. The van der Waals surface area contributed by atoms with Crippen LogP contribution in [0.4, 0.5) is 0 Å². The summed E-state index contributed by atoms with van der Waals surface area (Å²) in [5.41, 5.74) is 1.32. The number of aromatic amines is 2. The molecule has 3 N–H and O–H groups in total. The van der Waals surface area contributed by atoms with Crippen LogP contribution >= 0.6 is 11.6 Å². The van der Waals surface area contributed by atoms with Crippen molar-refractivity contribution in [3.8, 4) is 0 Å². The summed E-state index contributed by atoms with van der Waals surface area (Å²) in [5, 5.41) is 2.78. The Bertz CT molecular complexity index is 1130. The molecule has 10 heteroatoms. The lowest BCUT2D eigenvalue weighted by atomic mass is 10.2. The van der Waals surface area contributed by atoms with E-state index >= 15 is 0 Å². The normalized spacial score (nSPS) is 11.6. The van der Waals surface area contributed by atoms with E-state index in [0.29, 0.717) is 16.7 Å². The summed E-state index contributed by atoms with van der Waals surface area (Å²) < 4.78 is 23.1. The van der Waals surface area contributed by atoms with Gasteiger partial charge >= 0.3 is 5.69 Å². The number of pyridine rings is 1. The minimum atomic E-state index is -3.40. The van der Waals surface area contributed by atoms with Gasteiger partial charge in [-0.2, -0.15) is 0 Å². The van der Waals surface area contributed by atoms with Crippen molar-refractivity contribution in [1.29, 1.82) is 0 Å². The highest BCUT2D eigenvalue weighted by molar-refractivity contribution is 7.90. The molecule has 3 rings (SSSR count). The van der Waals surface area contributed by atoms with E-state index in [1.807, 2.05) is 0 Å². The first-order valence-corrected chi connectivity index (χ1v) is 9.36. The monoisotopic (exact) mass is 380 g/mol. The van der Waals surface area contributed by atoms with Gasteiger partial charge in [0, 0.05) is 19.0 Å². The Hall–Kier alpha value is -2.65.